The molecule has 1 aromatic rings. The molecule has 1 N–H and O–H groups in total. The second-order valence-electron chi connectivity index (χ2n) is 7.17. The van der Waals surface area contributed by atoms with Crippen LogP contribution < -0.4 is 5.32 Å². The van der Waals surface area contributed by atoms with Crippen LogP contribution in [0.2, 0.25) is 0 Å². The predicted molar refractivity (Wildman–Crippen MR) is 91.8 cm³/mol. The minimum absolute atomic E-state index is 0.441. The standard InChI is InChI=1S/C19H32N2/c1-14(2)8-9-21(18-6-7-18)13-19(20-5)17-11-15(3)10-16(4)12-17/h10-12,14,18-20H,6-9,13H2,1-5H3. The first-order valence-corrected chi connectivity index (χ1v) is 8.49. The number of nitrogens with zero attached hydrogens (tertiary/aromatic N) is 1. The Morgan fingerprint density at radius 2 is 1.76 bits per heavy atom. The highest BCUT2D eigenvalue weighted by Crippen LogP contribution is 2.29. The first-order valence-electron chi connectivity index (χ1n) is 8.49. The zero-order chi connectivity index (χ0) is 15.4. The van der Waals surface area contributed by atoms with Gasteiger partial charge in [0.1, 0.15) is 0 Å². The lowest BCUT2D eigenvalue weighted by molar-refractivity contribution is 0.224. The average molecular weight is 288 g/mol. The van der Waals surface area contributed by atoms with Crippen LogP contribution in [0.5, 0.6) is 0 Å². The van der Waals surface area contributed by atoms with Gasteiger partial charge in [-0.25, -0.2) is 0 Å². The zero-order valence-corrected chi connectivity index (χ0v) is 14.4. The molecule has 0 aromatic heterocycles. The number of hydrogen-bond acceptors (Lipinski definition) is 2. The van der Waals surface area contributed by atoms with Crippen molar-refractivity contribution in [3.8, 4) is 0 Å². The maximum absolute atomic E-state index is 3.53. The molecule has 1 aliphatic carbocycles. The molecule has 1 aromatic carbocycles. The summed E-state index contributed by atoms with van der Waals surface area (Å²) in [7, 11) is 2.09. The summed E-state index contributed by atoms with van der Waals surface area (Å²) in [6.45, 7) is 11.4. The van der Waals surface area contributed by atoms with Gasteiger partial charge in [-0.15, -0.1) is 0 Å². The molecule has 118 valence electrons. The fourth-order valence-corrected chi connectivity index (χ4v) is 3.10. The van der Waals surface area contributed by atoms with Gasteiger partial charge in [0.15, 0.2) is 0 Å². The summed E-state index contributed by atoms with van der Waals surface area (Å²) in [5, 5.41) is 3.53. The van der Waals surface area contributed by atoms with Gasteiger partial charge in [-0.3, -0.25) is 4.90 Å². The van der Waals surface area contributed by atoms with Gasteiger partial charge in [-0.1, -0.05) is 43.2 Å². The maximum Gasteiger partial charge on any atom is 0.0447 e. The molecule has 21 heavy (non-hydrogen) atoms. The Hall–Kier alpha value is -0.860. The van der Waals surface area contributed by atoms with Gasteiger partial charge in [0.25, 0.3) is 0 Å². The Bertz CT molecular complexity index is 429. The van der Waals surface area contributed by atoms with E-state index in [9.17, 15) is 0 Å². The molecule has 2 nitrogen and oxygen atoms in total. The molecule has 1 fully saturated rings. The highest BCUT2D eigenvalue weighted by atomic mass is 15.2. The molecule has 1 aliphatic rings. The third-order valence-corrected chi connectivity index (χ3v) is 4.47. The van der Waals surface area contributed by atoms with Crippen LogP contribution in [0.25, 0.3) is 0 Å². The summed E-state index contributed by atoms with van der Waals surface area (Å²) in [5.74, 6) is 0.792. The van der Waals surface area contributed by atoms with Crippen LogP contribution in [-0.2, 0) is 0 Å². The van der Waals surface area contributed by atoms with E-state index in [1.165, 1.54) is 42.5 Å². The Kier molecular flexibility index (Phi) is 5.83. The summed E-state index contributed by atoms with van der Waals surface area (Å²) in [5.41, 5.74) is 4.17. The van der Waals surface area contributed by atoms with E-state index in [1.54, 1.807) is 0 Å². The Morgan fingerprint density at radius 1 is 1.14 bits per heavy atom. The molecule has 0 bridgehead atoms. The van der Waals surface area contributed by atoms with Crippen molar-refractivity contribution < 1.29 is 0 Å². The first kappa shape index (κ1) is 16.5. The number of rotatable bonds is 8. The maximum atomic E-state index is 3.53. The van der Waals surface area contributed by atoms with Crippen molar-refractivity contribution in [3.05, 3.63) is 34.9 Å². The number of benzene rings is 1. The van der Waals surface area contributed by atoms with E-state index in [1.807, 2.05) is 0 Å². The third kappa shape index (κ3) is 5.12. The van der Waals surface area contributed by atoms with Crippen molar-refractivity contribution in [1.29, 1.82) is 0 Å². The van der Waals surface area contributed by atoms with Gasteiger partial charge < -0.3 is 5.32 Å². The average Bonchev–Trinajstić information content (AvgIpc) is 3.22. The molecule has 0 spiro atoms. The van der Waals surface area contributed by atoms with Crippen LogP contribution in [0.1, 0.15) is 55.8 Å². The van der Waals surface area contributed by atoms with Crippen molar-refractivity contribution in [2.24, 2.45) is 5.92 Å². The van der Waals surface area contributed by atoms with Gasteiger partial charge in [-0.05, 0) is 58.2 Å². The number of aryl methyl sites for hydroxylation is 2. The normalized spacial score (nSPS) is 16.7. The number of nitrogens with one attached hydrogen (secondary N) is 1. The molecule has 0 saturated heterocycles. The van der Waals surface area contributed by atoms with Gasteiger partial charge in [0, 0.05) is 18.6 Å². The van der Waals surface area contributed by atoms with Gasteiger partial charge in [0.05, 0.1) is 0 Å². The van der Waals surface area contributed by atoms with Crippen molar-refractivity contribution in [2.45, 2.75) is 59.0 Å². The van der Waals surface area contributed by atoms with Crippen molar-refractivity contribution >= 4 is 0 Å². The van der Waals surface area contributed by atoms with Gasteiger partial charge in [-0.2, -0.15) is 0 Å². The molecule has 0 radical (unpaired) electrons. The minimum atomic E-state index is 0.441. The van der Waals surface area contributed by atoms with Crippen molar-refractivity contribution in [1.82, 2.24) is 10.2 Å². The lowest BCUT2D eigenvalue weighted by atomic mass is 10.0. The SMILES string of the molecule is CNC(CN(CCC(C)C)C1CC1)c1cc(C)cc(C)c1. The van der Waals surface area contributed by atoms with E-state index in [0.717, 1.165) is 18.5 Å². The monoisotopic (exact) mass is 288 g/mol. The largest absolute Gasteiger partial charge is 0.312 e. The molecule has 1 saturated carbocycles. The number of hydrogen-bond donors (Lipinski definition) is 1. The predicted octanol–water partition coefficient (Wildman–Crippen LogP) is 4.07. The summed E-state index contributed by atoms with van der Waals surface area (Å²) >= 11 is 0. The minimum Gasteiger partial charge on any atom is -0.312 e. The van der Waals surface area contributed by atoms with Crippen LogP contribution in [-0.4, -0.2) is 31.1 Å². The smallest absolute Gasteiger partial charge is 0.0447 e. The molecule has 0 heterocycles. The molecular weight excluding hydrogens is 256 g/mol. The summed E-state index contributed by atoms with van der Waals surface area (Å²) < 4.78 is 0. The summed E-state index contributed by atoms with van der Waals surface area (Å²) in [4.78, 5) is 2.71. The fraction of sp³-hybridized carbons (Fsp3) is 0.684. The molecule has 2 heteroatoms. The van der Waals surface area contributed by atoms with Crippen LogP contribution in [0, 0.1) is 19.8 Å². The topological polar surface area (TPSA) is 15.3 Å². The lowest BCUT2D eigenvalue weighted by Crippen LogP contribution is -2.36. The molecular formula is C19H32N2. The zero-order valence-electron chi connectivity index (χ0n) is 14.4. The van der Waals surface area contributed by atoms with E-state index in [2.05, 4.69) is 63.2 Å². The molecule has 2 rings (SSSR count). The fourth-order valence-electron chi connectivity index (χ4n) is 3.10. The van der Waals surface area contributed by atoms with E-state index in [4.69, 9.17) is 0 Å². The van der Waals surface area contributed by atoms with Crippen molar-refractivity contribution in [3.63, 3.8) is 0 Å². The second kappa shape index (κ2) is 7.42. The van der Waals surface area contributed by atoms with E-state index in [0.29, 0.717) is 6.04 Å². The Balaban J connectivity index is 2.05. The Labute approximate surface area is 130 Å². The molecule has 0 aliphatic heterocycles. The second-order valence-corrected chi connectivity index (χ2v) is 7.17. The van der Waals surface area contributed by atoms with Crippen LogP contribution in [0.4, 0.5) is 0 Å². The quantitative estimate of drug-likeness (QED) is 0.775. The van der Waals surface area contributed by atoms with E-state index in [-0.39, 0.29) is 0 Å². The first-order chi connectivity index (χ1) is 9.99. The highest BCUT2D eigenvalue weighted by Gasteiger charge is 2.30. The highest BCUT2D eigenvalue weighted by molar-refractivity contribution is 5.31. The van der Waals surface area contributed by atoms with Gasteiger partial charge in [0.2, 0.25) is 0 Å². The number of likely N-dealkylation sites (N-methyl/N-ethyl adjacent to an activating group) is 1. The van der Waals surface area contributed by atoms with Crippen LogP contribution >= 0.6 is 0 Å². The van der Waals surface area contributed by atoms with Gasteiger partial charge >= 0.3 is 0 Å². The van der Waals surface area contributed by atoms with Crippen LogP contribution in [0.3, 0.4) is 0 Å². The van der Waals surface area contributed by atoms with Crippen molar-refractivity contribution in [2.75, 3.05) is 20.1 Å². The van der Waals surface area contributed by atoms with E-state index < -0.39 is 0 Å². The molecule has 0 amide bonds. The third-order valence-electron chi connectivity index (χ3n) is 4.47. The molecule has 1 atom stereocenters. The van der Waals surface area contributed by atoms with E-state index >= 15 is 0 Å². The summed E-state index contributed by atoms with van der Waals surface area (Å²) in [6.07, 6.45) is 4.09. The molecule has 1 unspecified atom stereocenters. The Morgan fingerprint density at radius 3 is 2.24 bits per heavy atom. The lowest BCUT2D eigenvalue weighted by Gasteiger charge is -2.28. The summed E-state index contributed by atoms with van der Waals surface area (Å²) in [6, 6.07) is 8.21. The van der Waals surface area contributed by atoms with Crippen LogP contribution in [0.15, 0.2) is 18.2 Å².